The smallest absolute Gasteiger partial charge is 0.170 e. The Kier molecular flexibility index (Phi) is 4.10. The van der Waals surface area contributed by atoms with E-state index in [1.807, 2.05) is 0 Å². The van der Waals surface area contributed by atoms with E-state index in [4.69, 9.17) is 19.9 Å². The highest BCUT2D eigenvalue weighted by atomic mass is 16.7. The number of rotatable bonds is 2. The van der Waals surface area contributed by atoms with Crippen LogP contribution in [0.5, 0.6) is 0 Å². The van der Waals surface area contributed by atoms with Crippen LogP contribution in [0.25, 0.3) is 0 Å². The Morgan fingerprint density at radius 1 is 1.26 bits per heavy atom. The summed E-state index contributed by atoms with van der Waals surface area (Å²) < 4.78 is 17.3. The first-order chi connectivity index (χ1) is 9.22. The molecule has 3 atom stereocenters. The monoisotopic (exact) mass is 270 g/mol. The van der Waals surface area contributed by atoms with Gasteiger partial charge in [0.15, 0.2) is 5.79 Å². The van der Waals surface area contributed by atoms with E-state index in [2.05, 4.69) is 4.90 Å². The van der Waals surface area contributed by atoms with Gasteiger partial charge in [-0.05, 0) is 25.8 Å². The van der Waals surface area contributed by atoms with Crippen LogP contribution in [0.4, 0.5) is 0 Å². The molecule has 0 aromatic carbocycles. The van der Waals surface area contributed by atoms with Crippen LogP contribution in [0.1, 0.15) is 32.1 Å². The summed E-state index contributed by atoms with van der Waals surface area (Å²) in [5.74, 6) is -0.347. The number of hydrogen-bond donors (Lipinski definition) is 1. The van der Waals surface area contributed by atoms with Crippen LogP contribution >= 0.6 is 0 Å². The summed E-state index contributed by atoms with van der Waals surface area (Å²) in [5.41, 5.74) is 6.35. The molecule has 1 spiro atoms. The average Bonchev–Trinajstić information content (AvgIpc) is 2.90. The van der Waals surface area contributed by atoms with Crippen LogP contribution in [-0.4, -0.2) is 62.3 Å². The third-order valence-electron chi connectivity index (χ3n) is 4.90. The van der Waals surface area contributed by atoms with Crippen LogP contribution < -0.4 is 5.73 Å². The van der Waals surface area contributed by atoms with Crippen molar-refractivity contribution in [2.24, 2.45) is 5.73 Å². The first-order valence-electron chi connectivity index (χ1n) is 7.53. The minimum absolute atomic E-state index is 0.231. The van der Waals surface area contributed by atoms with Crippen molar-refractivity contribution in [2.75, 3.05) is 33.4 Å². The van der Waals surface area contributed by atoms with Crippen molar-refractivity contribution in [3.63, 3.8) is 0 Å². The van der Waals surface area contributed by atoms with E-state index in [9.17, 15) is 0 Å². The second-order valence-electron chi connectivity index (χ2n) is 6.08. The predicted octanol–water partition coefficient (Wildman–Crippen LogP) is 0.720. The van der Waals surface area contributed by atoms with E-state index in [1.54, 1.807) is 7.11 Å². The summed E-state index contributed by atoms with van der Waals surface area (Å²) in [6.07, 6.45) is 5.53. The van der Waals surface area contributed by atoms with E-state index >= 15 is 0 Å². The molecule has 0 amide bonds. The lowest BCUT2D eigenvalue weighted by atomic mass is 9.84. The molecule has 0 bridgehead atoms. The van der Waals surface area contributed by atoms with Crippen molar-refractivity contribution in [3.8, 4) is 0 Å². The van der Waals surface area contributed by atoms with Crippen molar-refractivity contribution in [1.82, 2.24) is 4.90 Å². The zero-order valence-corrected chi connectivity index (χ0v) is 11.8. The highest BCUT2D eigenvalue weighted by Gasteiger charge is 2.46. The molecular formula is C14H26N2O3. The van der Waals surface area contributed by atoms with E-state index in [0.29, 0.717) is 12.1 Å². The number of likely N-dealkylation sites (tertiary alicyclic amines) is 1. The Balaban J connectivity index is 1.67. The third-order valence-corrected chi connectivity index (χ3v) is 4.90. The van der Waals surface area contributed by atoms with Crippen molar-refractivity contribution in [2.45, 2.75) is 56.1 Å². The summed E-state index contributed by atoms with van der Waals surface area (Å²) >= 11 is 0. The zero-order chi connectivity index (χ0) is 13.3. The molecule has 3 unspecified atom stereocenters. The zero-order valence-electron chi connectivity index (χ0n) is 11.8. The molecule has 1 saturated carbocycles. The van der Waals surface area contributed by atoms with Crippen LogP contribution in [0.15, 0.2) is 0 Å². The fraction of sp³-hybridized carbons (Fsp3) is 1.00. The van der Waals surface area contributed by atoms with Gasteiger partial charge >= 0.3 is 0 Å². The molecule has 3 aliphatic rings. The Morgan fingerprint density at radius 3 is 2.79 bits per heavy atom. The highest BCUT2D eigenvalue weighted by Crippen LogP contribution is 2.38. The van der Waals surface area contributed by atoms with Crippen LogP contribution in [0.3, 0.4) is 0 Å². The number of nitrogens with zero attached hydrogens (tertiary/aromatic N) is 1. The Labute approximate surface area is 115 Å². The summed E-state index contributed by atoms with van der Waals surface area (Å²) in [6.45, 7) is 3.56. The van der Waals surface area contributed by atoms with Crippen LogP contribution in [0, 0.1) is 0 Å². The summed E-state index contributed by atoms with van der Waals surface area (Å²) in [6, 6.07) is 0.596. The van der Waals surface area contributed by atoms with Gasteiger partial charge < -0.3 is 19.9 Å². The predicted molar refractivity (Wildman–Crippen MR) is 71.9 cm³/mol. The van der Waals surface area contributed by atoms with Crippen molar-refractivity contribution in [1.29, 1.82) is 0 Å². The fourth-order valence-corrected chi connectivity index (χ4v) is 3.77. The van der Waals surface area contributed by atoms with Gasteiger partial charge in [-0.25, -0.2) is 0 Å². The van der Waals surface area contributed by atoms with E-state index in [1.165, 1.54) is 6.42 Å². The third kappa shape index (κ3) is 2.81. The first-order valence-corrected chi connectivity index (χ1v) is 7.53. The largest absolute Gasteiger partial charge is 0.380 e. The molecule has 19 heavy (non-hydrogen) atoms. The molecule has 3 fully saturated rings. The molecule has 0 aromatic heterocycles. The highest BCUT2D eigenvalue weighted by molar-refractivity contribution is 4.96. The Bertz CT molecular complexity index is 307. The fourth-order valence-electron chi connectivity index (χ4n) is 3.77. The van der Waals surface area contributed by atoms with Gasteiger partial charge in [0, 0.05) is 38.6 Å². The normalized spacial score (nSPS) is 39.8. The molecule has 2 N–H and O–H groups in total. The second kappa shape index (κ2) is 5.66. The van der Waals surface area contributed by atoms with Gasteiger partial charge in [-0.15, -0.1) is 0 Å². The van der Waals surface area contributed by atoms with E-state index in [-0.39, 0.29) is 11.8 Å². The molecule has 110 valence electrons. The average molecular weight is 270 g/mol. The van der Waals surface area contributed by atoms with Gasteiger partial charge in [0.1, 0.15) is 0 Å². The molecule has 0 aromatic rings. The summed E-state index contributed by atoms with van der Waals surface area (Å²) in [7, 11) is 1.81. The Morgan fingerprint density at radius 2 is 2.05 bits per heavy atom. The van der Waals surface area contributed by atoms with Gasteiger partial charge in [0.05, 0.1) is 19.3 Å². The summed E-state index contributed by atoms with van der Waals surface area (Å²) in [5, 5.41) is 0. The molecule has 3 rings (SSSR count). The summed E-state index contributed by atoms with van der Waals surface area (Å²) in [4.78, 5) is 2.49. The first kappa shape index (κ1) is 13.8. The lowest BCUT2D eigenvalue weighted by molar-refractivity contribution is -0.194. The van der Waals surface area contributed by atoms with Gasteiger partial charge in [-0.1, -0.05) is 0 Å². The molecule has 2 saturated heterocycles. The van der Waals surface area contributed by atoms with Gasteiger partial charge in [-0.2, -0.15) is 0 Å². The lowest BCUT2D eigenvalue weighted by Crippen LogP contribution is -2.58. The van der Waals surface area contributed by atoms with E-state index < -0.39 is 0 Å². The molecule has 5 nitrogen and oxygen atoms in total. The van der Waals surface area contributed by atoms with Crippen molar-refractivity contribution in [3.05, 3.63) is 0 Å². The number of nitrogens with two attached hydrogens (primary N) is 1. The number of piperidine rings is 1. The standard InChI is InChI=1S/C14H26N2O3/c1-17-11-3-2-6-16(10-11)13-9-14(5-4-12(13)15)18-7-8-19-14/h11-13H,2-10,15H2,1H3. The van der Waals surface area contributed by atoms with Crippen molar-refractivity contribution >= 4 is 0 Å². The molecule has 0 radical (unpaired) electrons. The number of hydrogen-bond acceptors (Lipinski definition) is 5. The molecule has 1 aliphatic carbocycles. The molecule has 2 heterocycles. The number of methoxy groups -OCH3 is 1. The van der Waals surface area contributed by atoms with Crippen LogP contribution in [-0.2, 0) is 14.2 Å². The SMILES string of the molecule is COC1CCCN(C2CC3(CCC2N)OCCO3)C1. The Hall–Kier alpha value is -0.200. The quantitative estimate of drug-likeness (QED) is 0.801. The van der Waals surface area contributed by atoms with Gasteiger partial charge in [-0.3, -0.25) is 4.90 Å². The van der Waals surface area contributed by atoms with E-state index in [0.717, 1.165) is 52.0 Å². The minimum Gasteiger partial charge on any atom is -0.380 e. The van der Waals surface area contributed by atoms with Crippen molar-refractivity contribution < 1.29 is 14.2 Å². The maximum Gasteiger partial charge on any atom is 0.170 e. The maximum atomic E-state index is 6.35. The minimum atomic E-state index is -0.347. The molecule has 5 heteroatoms. The van der Waals surface area contributed by atoms with Crippen LogP contribution in [0.2, 0.25) is 0 Å². The topological polar surface area (TPSA) is 57.0 Å². The molecular weight excluding hydrogens is 244 g/mol. The lowest BCUT2D eigenvalue weighted by Gasteiger charge is -2.46. The second-order valence-corrected chi connectivity index (χ2v) is 6.08. The van der Waals surface area contributed by atoms with Gasteiger partial charge in [0.2, 0.25) is 0 Å². The molecule has 2 aliphatic heterocycles. The van der Waals surface area contributed by atoms with Gasteiger partial charge in [0.25, 0.3) is 0 Å². The number of ether oxygens (including phenoxy) is 3. The maximum absolute atomic E-state index is 6.35.